The van der Waals surface area contributed by atoms with Gasteiger partial charge in [-0.3, -0.25) is 4.79 Å². The van der Waals surface area contributed by atoms with Crippen LogP contribution in [0.15, 0.2) is 24.3 Å². The summed E-state index contributed by atoms with van der Waals surface area (Å²) >= 11 is 0. The van der Waals surface area contributed by atoms with Crippen LogP contribution in [0, 0.1) is 0 Å². The molecule has 1 amide bonds. The summed E-state index contributed by atoms with van der Waals surface area (Å²) in [6.45, 7) is 2.43. The highest BCUT2D eigenvalue weighted by molar-refractivity contribution is 5.83. The summed E-state index contributed by atoms with van der Waals surface area (Å²) in [5.74, 6) is 0.0814. The number of hydrogen-bond donors (Lipinski definition) is 2. The number of nitrogens with one attached hydrogen (secondary N) is 2. The van der Waals surface area contributed by atoms with Crippen LogP contribution in [0.25, 0.3) is 0 Å². The van der Waals surface area contributed by atoms with Gasteiger partial charge in [0, 0.05) is 19.7 Å². The minimum absolute atomic E-state index is 0.0814. The molecule has 2 aliphatic rings. The molecule has 4 nitrogen and oxygen atoms in total. The van der Waals surface area contributed by atoms with Gasteiger partial charge in [0.15, 0.2) is 0 Å². The van der Waals surface area contributed by atoms with Crippen molar-refractivity contribution in [1.29, 1.82) is 0 Å². The number of ether oxygens (including phenoxy) is 1. The van der Waals surface area contributed by atoms with E-state index in [-0.39, 0.29) is 11.9 Å². The molecule has 2 heterocycles. The van der Waals surface area contributed by atoms with E-state index in [9.17, 15) is 4.79 Å². The van der Waals surface area contributed by atoms with Crippen molar-refractivity contribution in [3.8, 4) is 0 Å². The van der Waals surface area contributed by atoms with Crippen molar-refractivity contribution < 1.29 is 9.53 Å². The Hall–Kier alpha value is -1.39. The minimum atomic E-state index is -0.206. The van der Waals surface area contributed by atoms with E-state index in [0.717, 1.165) is 38.0 Å². The molecule has 0 spiro atoms. The van der Waals surface area contributed by atoms with Crippen molar-refractivity contribution in [3.05, 3.63) is 35.4 Å². The molecule has 0 saturated carbocycles. The van der Waals surface area contributed by atoms with Gasteiger partial charge in [-0.25, -0.2) is 0 Å². The first-order chi connectivity index (χ1) is 10.3. The van der Waals surface area contributed by atoms with Crippen LogP contribution in [0.1, 0.15) is 42.9 Å². The van der Waals surface area contributed by atoms with E-state index >= 15 is 0 Å². The van der Waals surface area contributed by atoms with Gasteiger partial charge in [-0.2, -0.15) is 0 Å². The monoisotopic (exact) mass is 288 g/mol. The molecule has 2 N–H and O–H groups in total. The molecule has 2 aliphatic heterocycles. The summed E-state index contributed by atoms with van der Waals surface area (Å²) in [5, 5.41) is 6.38. The number of benzene rings is 1. The minimum Gasteiger partial charge on any atom is -0.378 e. The van der Waals surface area contributed by atoms with Gasteiger partial charge in [0.25, 0.3) is 0 Å². The first-order valence-corrected chi connectivity index (χ1v) is 8.05. The fourth-order valence-corrected chi connectivity index (χ4v) is 3.23. The highest BCUT2D eigenvalue weighted by atomic mass is 16.5. The number of amides is 1. The van der Waals surface area contributed by atoms with E-state index in [4.69, 9.17) is 4.74 Å². The molecule has 1 saturated heterocycles. The Kier molecular flexibility index (Phi) is 4.88. The molecule has 1 aromatic rings. The quantitative estimate of drug-likeness (QED) is 0.890. The fraction of sp³-hybridized carbons (Fsp3) is 0.588. The summed E-state index contributed by atoms with van der Waals surface area (Å²) in [6.07, 6.45) is 5.78. The SMILES string of the molecule is O=C(NCCC1CCCCO1)C1NCCc2ccccc21. The average molecular weight is 288 g/mol. The summed E-state index contributed by atoms with van der Waals surface area (Å²) < 4.78 is 5.69. The predicted octanol–water partition coefficient (Wildman–Crippen LogP) is 1.95. The summed E-state index contributed by atoms with van der Waals surface area (Å²) in [7, 11) is 0. The molecule has 0 bridgehead atoms. The average Bonchev–Trinajstić information content (AvgIpc) is 2.55. The van der Waals surface area contributed by atoms with Gasteiger partial charge in [0.05, 0.1) is 6.10 Å². The fourth-order valence-electron chi connectivity index (χ4n) is 3.23. The van der Waals surface area contributed by atoms with Gasteiger partial charge in [-0.05, 0) is 43.2 Å². The summed E-state index contributed by atoms with van der Waals surface area (Å²) in [6, 6.07) is 8.01. The maximum atomic E-state index is 12.4. The Morgan fingerprint density at radius 1 is 1.33 bits per heavy atom. The molecular weight excluding hydrogens is 264 g/mol. The number of hydrogen-bond acceptors (Lipinski definition) is 3. The van der Waals surface area contributed by atoms with Gasteiger partial charge in [-0.1, -0.05) is 24.3 Å². The second kappa shape index (κ2) is 7.05. The van der Waals surface area contributed by atoms with Gasteiger partial charge >= 0.3 is 0 Å². The van der Waals surface area contributed by atoms with Crippen molar-refractivity contribution >= 4 is 5.91 Å². The standard InChI is InChI=1S/C17H24N2O2/c20-17(19-11-9-14-6-3-4-12-21-14)16-15-7-2-1-5-13(15)8-10-18-16/h1-2,5,7,14,16,18H,3-4,6,8-12H2,(H,19,20). The van der Waals surface area contributed by atoms with Crippen LogP contribution in [0.2, 0.25) is 0 Å². The zero-order valence-electron chi connectivity index (χ0n) is 12.4. The molecule has 114 valence electrons. The second-order valence-corrected chi connectivity index (χ2v) is 5.90. The molecule has 2 unspecified atom stereocenters. The Morgan fingerprint density at radius 3 is 3.10 bits per heavy atom. The van der Waals surface area contributed by atoms with Crippen LogP contribution >= 0.6 is 0 Å². The van der Waals surface area contributed by atoms with Crippen molar-refractivity contribution in [1.82, 2.24) is 10.6 Å². The normalized spacial score (nSPS) is 25.1. The van der Waals surface area contributed by atoms with E-state index in [0.29, 0.717) is 12.6 Å². The topological polar surface area (TPSA) is 50.4 Å². The van der Waals surface area contributed by atoms with Crippen LogP contribution in [-0.4, -0.2) is 31.7 Å². The van der Waals surface area contributed by atoms with Gasteiger partial charge in [0.2, 0.25) is 5.91 Å². The highest BCUT2D eigenvalue weighted by Crippen LogP contribution is 2.22. The molecule has 1 aromatic carbocycles. The smallest absolute Gasteiger partial charge is 0.241 e. The van der Waals surface area contributed by atoms with Crippen LogP contribution < -0.4 is 10.6 Å². The van der Waals surface area contributed by atoms with Gasteiger partial charge in [0.1, 0.15) is 6.04 Å². The number of carbonyl (C=O) groups is 1. The number of carbonyl (C=O) groups excluding carboxylic acids is 1. The zero-order chi connectivity index (χ0) is 14.5. The van der Waals surface area contributed by atoms with E-state index in [1.54, 1.807) is 0 Å². The van der Waals surface area contributed by atoms with Crippen molar-refractivity contribution in [2.24, 2.45) is 0 Å². The third kappa shape index (κ3) is 3.63. The Labute approximate surface area is 126 Å². The Balaban J connectivity index is 1.51. The van der Waals surface area contributed by atoms with E-state index in [2.05, 4.69) is 22.8 Å². The number of fused-ring (bicyclic) bond motifs is 1. The van der Waals surface area contributed by atoms with E-state index in [1.165, 1.54) is 18.4 Å². The largest absolute Gasteiger partial charge is 0.378 e. The molecule has 2 atom stereocenters. The number of rotatable bonds is 4. The van der Waals surface area contributed by atoms with Gasteiger partial charge in [-0.15, -0.1) is 0 Å². The van der Waals surface area contributed by atoms with Crippen LogP contribution in [0.3, 0.4) is 0 Å². The van der Waals surface area contributed by atoms with Crippen LogP contribution in [-0.2, 0) is 16.0 Å². The maximum Gasteiger partial charge on any atom is 0.241 e. The van der Waals surface area contributed by atoms with E-state index in [1.807, 2.05) is 12.1 Å². The third-order valence-electron chi connectivity index (χ3n) is 4.41. The zero-order valence-corrected chi connectivity index (χ0v) is 12.4. The third-order valence-corrected chi connectivity index (χ3v) is 4.41. The van der Waals surface area contributed by atoms with Crippen molar-refractivity contribution in [3.63, 3.8) is 0 Å². The molecule has 1 fully saturated rings. The lowest BCUT2D eigenvalue weighted by atomic mass is 9.94. The molecule has 3 rings (SSSR count). The molecule has 0 aromatic heterocycles. The van der Waals surface area contributed by atoms with Crippen LogP contribution in [0.5, 0.6) is 0 Å². The second-order valence-electron chi connectivity index (χ2n) is 5.90. The predicted molar refractivity (Wildman–Crippen MR) is 82.1 cm³/mol. The lowest BCUT2D eigenvalue weighted by molar-refractivity contribution is -0.123. The van der Waals surface area contributed by atoms with Crippen molar-refractivity contribution in [2.75, 3.05) is 19.7 Å². The molecule has 0 aliphatic carbocycles. The van der Waals surface area contributed by atoms with Crippen molar-refractivity contribution in [2.45, 2.75) is 44.2 Å². The maximum absolute atomic E-state index is 12.4. The van der Waals surface area contributed by atoms with Gasteiger partial charge < -0.3 is 15.4 Å². The Morgan fingerprint density at radius 2 is 2.24 bits per heavy atom. The highest BCUT2D eigenvalue weighted by Gasteiger charge is 2.25. The lowest BCUT2D eigenvalue weighted by Gasteiger charge is -2.27. The first kappa shape index (κ1) is 14.5. The molecule has 0 radical (unpaired) electrons. The van der Waals surface area contributed by atoms with Crippen LogP contribution in [0.4, 0.5) is 0 Å². The van der Waals surface area contributed by atoms with E-state index < -0.39 is 0 Å². The summed E-state index contributed by atoms with van der Waals surface area (Å²) in [4.78, 5) is 12.4. The lowest BCUT2D eigenvalue weighted by Crippen LogP contribution is -2.42. The molecule has 21 heavy (non-hydrogen) atoms. The Bertz CT molecular complexity index is 483. The molecule has 4 heteroatoms. The summed E-state index contributed by atoms with van der Waals surface area (Å²) in [5.41, 5.74) is 2.40. The molecular formula is C17H24N2O2. The first-order valence-electron chi connectivity index (χ1n) is 8.05.